The van der Waals surface area contributed by atoms with E-state index in [4.69, 9.17) is 14.9 Å². The number of nitrogens with one attached hydrogen (secondary N) is 1. The van der Waals surface area contributed by atoms with Crippen molar-refractivity contribution in [3.05, 3.63) is 29.8 Å². The van der Waals surface area contributed by atoms with E-state index < -0.39 is 6.17 Å². The molecule has 0 fully saturated rings. The highest BCUT2D eigenvalue weighted by Crippen LogP contribution is 2.14. The Kier molecular flexibility index (Phi) is 6.43. The molecular weight excluding hydrogens is 232 g/mol. The summed E-state index contributed by atoms with van der Waals surface area (Å²) in [6.45, 7) is 1.01. The second-order valence-electron chi connectivity index (χ2n) is 4.39. The monoisotopic (exact) mass is 251 g/mol. The maximum atomic E-state index is 12.9. The summed E-state index contributed by atoms with van der Waals surface area (Å²) in [4.78, 5) is 0. The molecule has 0 bridgehead atoms. The van der Waals surface area contributed by atoms with Gasteiger partial charge in [0.25, 0.3) is 0 Å². The van der Waals surface area contributed by atoms with Crippen LogP contribution in [0, 0.1) is 5.41 Å². The SMILES string of the molecule is B[C@@H](COCc1ccc(OC)cc1)C[C@H](F)C=N. The quantitative estimate of drug-likeness (QED) is 0.567. The first kappa shape index (κ1) is 14.7. The number of hydrogen-bond acceptors (Lipinski definition) is 3. The zero-order valence-electron chi connectivity index (χ0n) is 10.9. The van der Waals surface area contributed by atoms with Crippen molar-refractivity contribution in [2.75, 3.05) is 13.7 Å². The summed E-state index contributed by atoms with van der Waals surface area (Å²) < 4.78 is 23.5. The summed E-state index contributed by atoms with van der Waals surface area (Å²) in [7, 11) is 3.55. The predicted octanol–water partition coefficient (Wildman–Crippen LogP) is 2.01. The van der Waals surface area contributed by atoms with Crippen LogP contribution in [0.2, 0.25) is 5.82 Å². The molecule has 98 valence electrons. The third-order valence-electron chi connectivity index (χ3n) is 2.64. The molecule has 5 heteroatoms. The summed E-state index contributed by atoms with van der Waals surface area (Å²) in [5, 5.41) is 6.80. The first-order valence-corrected chi connectivity index (χ1v) is 6.01. The van der Waals surface area contributed by atoms with Crippen molar-refractivity contribution in [3.63, 3.8) is 0 Å². The maximum absolute atomic E-state index is 12.9. The van der Waals surface area contributed by atoms with Crippen molar-refractivity contribution in [2.45, 2.75) is 25.0 Å². The molecule has 1 rings (SSSR count). The Hall–Kier alpha value is -1.36. The number of methoxy groups -OCH3 is 1. The van der Waals surface area contributed by atoms with E-state index in [0.29, 0.717) is 19.6 Å². The Morgan fingerprint density at radius 2 is 2.06 bits per heavy atom. The molecule has 1 aromatic rings. The molecule has 3 nitrogen and oxygen atoms in total. The summed E-state index contributed by atoms with van der Waals surface area (Å²) >= 11 is 0. The fraction of sp³-hybridized carbons (Fsp3) is 0.462. The van der Waals surface area contributed by atoms with Crippen LogP contribution >= 0.6 is 0 Å². The Morgan fingerprint density at radius 3 is 2.61 bits per heavy atom. The first-order chi connectivity index (χ1) is 8.65. The average Bonchev–Trinajstić information content (AvgIpc) is 2.39. The number of rotatable bonds is 8. The summed E-state index contributed by atoms with van der Waals surface area (Å²) in [6, 6.07) is 7.65. The molecule has 0 unspecified atom stereocenters. The fourth-order valence-electron chi connectivity index (χ4n) is 1.62. The summed E-state index contributed by atoms with van der Waals surface area (Å²) in [5.41, 5.74) is 1.06. The van der Waals surface area contributed by atoms with E-state index >= 15 is 0 Å². The van der Waals surface area contributed by atoms with Gasteiger partial charge in [-0.25, -0.2) is 4.39 Å². The van der Waals surface area contributed by atoms with Gasteiger partial charge < -0.3 is 14.9 Å². The molecule has 0 heterocycles. The molecule has 1 aromatic carbocycles. The molecule has 0 spiro atoms. The molecule has 0 aliphatic heterocycles. The van der Waals surface area contributed by atoms with Crippen LogP contribution in [-0.4, -0.2) is 33.9 Å². The number of halogens is 1. The minimum Gasteiger partial charge on any atom is -0.497 e. The van der Waals surface area contributed by atoms with Gasteiger partial charge in [0, 0.05) is 12.8 Å². The van der Waals surface area contributed by atoms with Crippen LogP contribution in [0.4, 0.5) is 4.39 Å². The Labute approximate surface area is 108 Å². The van der Waals surface area contributed by atoms with Gasteiger partial charge in [-0.2, -0.15) is 0 Å². The third-order valence-corrected chi connectivity index (χ3v) is 2.64. The van der Waals surface area contributed by atoms with Gasteiger partial charge in [0.2, 0.25) is 0 Å². The molecule has 1 N–H and O–H groups in total. The number of ether oxygens (including phenoxy) is 2. The smallest absolute Gasteiger partial charge is 0.134 e. The number of benzene rings is 1. The Bertz CT molecular complexity index is 359. The molecule has 18 heavy (non-hydrogen) atoms. The number of hydrogen-bond donors (Lipinski definition) is 1. The van der Waals surface area contributed by atoms with Crippen molar-refractivity contribution in [1.29, 1.82) is 5.41 Å². The zero-order valence-corrected chi connectivity index (χ0v) is 10.9. The van der Waals surface area contributed by atoms with Crippen LogP contribution in [-0.2, 0) is 11.3 Å². The van der Waals surface area contributed by atoms with Crippen molar-refractivity contribution in [2.24, 2.45) is 0 Å². The Morgan fingerprint density at radius 1 is 1.39 bits per heavy atom. The average molecular weight is 251 g/mol. The van der Waals surface area contributed by atoms with E-state index in [2.05, 4.69) is 0 Å². The largest absolute Gasteiger partial charge is 0.497 e. The molecule has 0 saturated carbocycles. The predicted molar refractivity (Wildman–Crippen MR) is 73.2 cm³/mol. The summed E-state index contributed by atoms with van der Waals surface area (Å²) in [6.07, 6.45) is 0.0103. The van der Waals surface area contributed by atoms with Crippen molar-refractivity contribution >= 4 is 14.1 Å². The third kappa shape index (κ3) is 5.32. The van der Waals surface area contributed by atoms with Crippen LogP contribution < -0.4 is 4.74 Å². The second-order valence-corrected chi connectivity index (χ2v) is 4.39. The maximum Gasteiger partial charge on any atom is 0.134 e. The molecule has 0 radical (unpaired) electrons. The van der Waals surface area contributed by atoms with Gasteiger partial charge in [-0.15, -0.1) is 0 Å². The highest BCUT2D eigenvalue weighted by atomic mass is 19.1. The van der Waals surface area contributed by atoms with Crippen molar-refractivity contribution in [3.8, 4) is 5.75 Å². The molecule has 0 saturated heterocycles. The van der Waals surface area contributed by atoms with Crippen molar-refractivity contribution in [1.82, 2.24) is 0 Å². The summed E-state index contributed by atoms with van der Waals surface area (Å²) in [5.74, 6) is 0.929. The topological polar surface area (TPSA) is 42.3 Å². The second kappa shape index (κ2) is 7.87. The lowest BCUT2D eigenvalue weighted by atomic mass is 9.84. The van der Waals surface area contributed by atoms with E-state index in [-0.39, 0.29) is 5.82 Å². The molecular formula is C13H19BFNO2. The lowest BCUT2D eigenvalue weighted by Gasteiger charge is -2.12. The van der Waals surface area contributed by atoms with Gasteiger partial charge in [0.15, 0.2) is 0 Å². The fourth-order valence-corrected chi connectivity index (χ4v) is 1.62. The minimum atomic E-state index is -1.16. The Balaban J connectivity index is 2.26. The van der Waals surface area contributed by atoms with E-state index in [1.807, 2.05) is 32.1 Å². The highest BCUT2D eigenvalue weighted by Gasteiger charge is 2.09. The van der Waals surface area contributed by atoms with Crippen LogP contribution in [0.1, 0.15) is 12.0 Å². The van der Waals surface area contributed by atoms with Crippen LogP contribution in [0.5, 0.6) is 5.75 Å². The normalized spacial score (nSPS) is 13.9. The molecule has 0 aliphatic rings. The van der Waals surface area contributed by atoms with Crippen molar-refractivity contribution < 1.29 is 13.9 Å². The minimum absolute atomic E-state index is 0.111. The molecule has 0 amide bonds. The van der Waals surface area contributed by atoms with E-state index in [1.165, 1.54) is 0 Å². The van der Waals surface area contributed by atoms with E-state index in [9.17, 15) is 4.39 Å². The van der Waals surface area contributed by atoms with Crippen LogP contribution in [0.3, 0.4) is 0 Å². The lowest BCUT2D eigenvalue weighted by molar-refractivity contribution is 0.114. The molecule has 2 atom stereocenters. The standard InChI is InChI=1S/C13H19BFNO2/c1-17-13-4-2-10(3-5-13)8-18-9-11(14)6-12(15)7-16/h2-5,7,11-12,16H,6,8-9,14H2,1H3/t11-,12+/m1/s1. The lowest BCUT2D eigenvalue weighted by Crippen LogP contribution is -2.11. The van der Waals surface area contributed by atoms with E-state index in [1.54, 1.807) is 7.11 Å². The van der Waals surface area contributed by atoms with Gasteiger partial charge in [0.05, 0.1) is 13.7 Å². The van der Waals surface area contributed by atoms with Crippen LogP contribution in [0.25, 0.3) is 0 Å². The molecule has 0 aliphatic carbocycles. The zero-order chi connectivity index (χ0) is 13.4. The molecule has 0 aromatic heterocycles. The van der Waals surface area contributed by atoms with Gasteiger partial charge in [0.1, 0.15) is 19.8 Å². The highest BCUT2D eigenvalue weighted by molar-refractivity contribution is 6.11. The van der Waals surface area contributed by atoms with Gasteiger partial charge in [-0.1, -0.05) is 12.1 Å². The number of alkyl halides is 1. The van der Waals surface area contributed by atoms with Crippen LogP contribution in [0.15, 0.2) is 24.3 Å². The van der Waals surface area contributed by atoms with Gasteiger partial charge in [-0.3, -0.25) is 0 Å². The van der Waals surface area contributed by atoms with Gasteiger partial charge in [-0.05, 0) is 29.9 Å². The van der Waals surface area contributed by atoms with Gasteiger partial charge >= 0.3 is 0 Å². The van der Waals surface area contributed by atoms with E-state index in [0.717, 1.165) is 17.5 Å². The first-order valence-electron chi connectivity index (χ1n) is 6.01.